The van der Waals surface area contributed by atoms with E-state index in [4.69, 9.17) is 9.47 Å². The van der Waals surface area contributed by atoms with Crippen molar-refractivity contribution in [3.8, 4) is 0 Å². The first-order valence-electron chi connectivity index (χ1n) is 5.24. The number of hydrogen-bond donors (Lipinski definition) is 1. The zero-order valence-corrected chi connectivity index (χ0v) is 10.8. The smallest absolute Gasteiger partial charge is 0.0700 e. The predicted octanol–water partition coefficient (Wildman–Crippen LogP) is 2.63. The maximum Gasteiger partial charge on any atom is 0.0700 e. The lowest BCUT2D eigenvalue weighted by molar-refractivity contribution is 0.0141. The van der Waals surface area contributed by atoms with E-state index in [9.17, 15) is 0 Å². The maximum absolute atomic E-state index is 5.50. The van der Waals surface area contributed by atoms with Crippen molar-refractivity contribution in [1.82, 2.24) is 0 Å². The first-order chi connectivity index (χ1) is 6.48. The van der Waals surface area contributed by atoms with E-state index in [0.29, 0.717) is 19.1 Å². The van der Waals surface area contributed by atoms with Gasteiger partial charge < -0.3 is 9.47 Å². The lowest BCUT2D eigenvalue weighted by Crippen LogP contribution is -2.22. The molecule has 0 bridgehead atoms. The third kappa shape index (κ3) is 8.85. The van der Waals surface area contributed by atoms with Crippen LogP contribution in [-0.2, 0) is 9.47 Å². The second-order valence-electron chi connectivity index (χ2n) is 4.84. The Morgan fingerprint density at radius 2 is 1.71 bits per heavy atom. The summed E-state index contributed by atoms with van der Waals surface area (Å²) in [6.07, 6.45) is 0. The van der Waals surface area contributed by atoms with Crippen molar-refractivity contribution in [3.63, 3.8) is 0 Å². The SMILES string of the molecule is CC(C)COCCOCC(C)(C)CS. The summed E-state index contributed by atoms with van der Waals surface area (Å²) in [7, 11) is 0. The van der Waals surface area contributed by atoms with Crippen LogP contribution in [0, 0.1) is 11.3 Å². The molecule has 0 aromatic heterocycles. The lowest BCUT2D eigenvalue weighted by Gasteiger charge is -2.21. The Morgan fingerprint density at radius 1 is 1.14 bits per heavy atom. The second kappa shape index (κ2) is 7.55. The van der Waals surface area contributed by atoms with Crippen molar-refractivity contribution >= 4 is 12.6 Å². The van der Waals surface area contributed by atoms with Gasteiger partial charge in [0.25, 0.3) is 0 Å². The van der Waals surface area contributed by atoms with Gasteiger partial charge in [-0.3, -0.25) is 0 Å². The summed E-state index contributed by atoms with van der Waals surface area (Å²) in [5.41, 5.74) is 0.168. The zero-order valence-electron chi connectivity index (χ0n) is 9.88. The summed E-state index contributed by atoms with van der Waals surface area (Å²) in [4.78, 5) is 0. The van der Waals surface area contributed by atoms with Crippen LogP contribution in [0.25, 0.3) is 0 Å². The minimum absolute atomic E-state index is 0.168. The quantitative estimate of drug-likeness (QED) is 0.501. The van der Waals surface area contributed by atoms with Crippen LogP contribution in [0.15, 0.2) is 0 Å². The molecule has 0 radical (unpaired) electrons. The van der Waals surface area contributed by atoms with Gasteiger partial charge in [-0.2, -0.15) is 12.6 Å². The fraction of sp³-hybridized carbons (Fsp3) is 1.00. The first-order valence-corrected chi connectivity index (χ1v) is 5.87. The van der Waals surface area contributed by atoms with Crippen molar-refractivity contribution in [2.75, 3.05) is 32.2 Å². The molecule has 3 heteroatoms. The molecule has 0 spiro atoms. The Balaban J connectivity index is 3.21. The molecule has 0 amide bonds. The Labute approximate surface area is 93.8 Å². The van der Waals surface area contributed by atoms with Gasteiger partial charge in [0.15, 0.2) is 0 Å². The molecule has 0 rings (SSSR count). The van der Waals surface area contributed by atoms with E-state index in [-0.39, 0.29) is 5.41 Å². The van der Waals surface area contributed by atoms with Gasteiger partial charge in [0, 0.05) is 6.61 Å². The molecule has 0 heterocycles. The lowest BCUT2D eigenvalue weighted by atomic mass is 9.98. The first kappa shape index (κ1) is 14.3. The van der Waals surface area contributed by atoms with Crippen LogP contribution in [-0.4, -0.2) is 32.2 Å². The Morgan fingerprint density at radius 3 is 2.21 bits per heavy atom. The van der Waals surface area contributed by atoms with Gasteiger partial charge in [0.1, 0.15) is 0 Å². The molecule has 0 aromatic carbocycles. The molecule has 0 fully saturated rings. The monoisotopic (exact) mass is 220 g/mol. The van der Waals surface area contributed by atoms with E-state index in [1.165, 1.54) is 0 Å². The van der Waals surface area contributed by atoms with Crippen LogP contribution >= 0.6 is 12.6 Å². The molecular weight excluding hydrogens is 196 g/mol. The Kier molecular flexibility index (Phi) is 7.69. The molecule has 86 valence electrons. The molecule has 0 aromatic rings. The highest BCUT2D eigenvalue weighted by Crippen LogP contribution is 2.16. The van der Waals surface area contributed by atoms with Crippen LogP contribution in [0.4, 0.5) is 0 Å². The maximum atomic E-state index is 5.50. The van der Waals surface area contributed by atoms with Crippen LogP contribution in [0.3, 0.4) is 0 Å². The molecule has 0 aliphatic carbocycles. The molecule has 0 saturated carbocycles. The van der Waals surface area contributed by atoms with Crippen LogP contribution < -0.4 is 0 Å². The largest absolute Gasteiger partial charge is 0.379 e. The van der Waals surface area contributed by atoms with Crippen LogP contribution in [0.5, 0.6) is 0 Å². The minimum Gasteiger partial charge on any atom is -0.379 e. The summed E-state index contributed by atoms with van der Waals surface area (Å²) >= 11 is 4.26. The van der Waals surface area contributed by atoms with Crippen LogP contribution in [0.2, 0.25) is 0 Å². The Bertz CT molecular complexity index is 135. The Hall–Kier alpha value is 0.270. The molecule has 0 saturated heterocycles. The number of hydrogen-bond acceptors (Lipinski definition) is 3. The van der Waals surface area contributed by atoms with E-state index in [1.54, 1.807) is 0 Å². The summed E-state index contributed by atoms with van der Waals surface area (Å²) in [5, 5.41) is 0. The molecular formula is C11H24O2S. The average Bonchev–Trinajstić information content (AvgIpc) is 2.10. The summed E-state index contributed by atoms with van der Waals surface area (Å²) in [5.74, 6) is 1.45. The third-order valence-corrected chi connectivity index (χ3v) is 2.60. The highest BCUT2D eigenvalue weighted by atomic mass is 32.1. The molecule has 0 aliphatic heterocycles. The van der Waals surface area contributed by atoms with Gasteiger partial charge in [-0.05, 0) is 17.1 Å². The van der Waals surface area contributed by atoms with Gasteiger partial charge in [-0.15, -0.1) is 0 Å². The van der Waals surface area contributed by atoms with Gasteiger partial charge >= 0.3 is 0 Å². The summed E-state index contributed by atoms with van der Waals surface area (Å²) < 4.78 is 10.9. The van der Waals surface area contributed by atoms with Gasteiger partial charge in [0.2, 0.25) is 0 Å². The normalized spacial score (nSPS) is 12.4. The van der Waals surface area contributed by atoms with E-state index in [1.807, 2.05) is 0 Å². The number of ether oxygens (including phenoxy) is 2. The highest BCUT2D eigenvalue weighted by molar-refractivity contribution is 7.80. The van der Waals surface area contributed by atoms with E-state index in [0.717, 1.165) is 19.0 Å². The molecule has 0 unspecified atom stereocenters. The third-order valence-electron chi connectivity index (χ3n) is 1.74. The van der Waals surface area contributed by atoms with Gasteiger partial charge in [0.05, 0.1) is 19.8 Å². The van der Waals surface area contributed by atoms with Crippen molar-refractivity contribution in [2.45, 2.75) is 27.7 Å². The fourth-order valence-electron chi connectivity index (χ4n) is 0.831. The van der Waals surface area contributed by atoms with Gasteiger partial charge in [-0.25, -0.2) is 0 Å². The predicted molar refractivity (Wildman–Crippen MR) is 64.1 cm³/mol. The fourth-order valence-corrected chi connectivity index (χ4v) is 0.922. The molecule has 0 aliphatic rings. The van der Waals surface area contributed by atoms with Crippen molar-refractivity contribution in [3.05, 3.63) is 0 Å². The van der Waals surface area contributed by atoms with E-state index >= 15 is 0 Å². The summed E-state index contributed by atoms with van der Waals surface area (Å²) in [6, 6.07) is 0. The number of thiol groups is 1. The second-order valence-corrected chi connectivity index (χ2v) is 5.16. The molecule has 14 heavy (non-hydrogen) atoms. The molecule has 0 N–H and O–H groups in total. The minimum atomic E-state index is 0.168. The van der Waals surface area contributed by atoms with Gasteiger partial charge in [-0.1, -0.05) is 27.7 Å². The molecule has 2 nitrogen and oxygen atoms in total. The summed E-state index contributed by atoms with van der Waals surface area (Å²) in [6.45, 7) is 11.5. The van der Waals surface area contributed by atoms with Crippen molar-refractivity contribution in [1.29, 1.82) is 0 Å². The molecule has 0 atom stereocenters. The number of rotatable bonds is 8. The van der Waals surface area contributed by atoms with E-state index < -0.39 is 0 Å². The zero-order chi connectivity index (χ0) is 11.0. The van der Waals surface area contributed by atoms with Crippen LogP contribution in [0.1, 0.15) is 27.7 Å². The standard InChI is InChI=1S/C11H24O2S/c1-10(2)7-12-5-6-13-8-11(3,4)9-14/h10,14H,5-9H2,1-4H3. The highest BCUT2D eigenvalue weighted by Gasteiger charge is 2.15. The average molecular weight is 220 g/mol. The topological polar surface area (TPSA) is 18.5 Å². The van der Waals surface area contributed by atoms with E-state index in [2.05, 4.69) is 40.3 Å². The van der Waals surface area contributed by atoms with Crippen molar-refractivity contribution in [2.24, 2.45) is 11.3 Å². The van der Waals surface area contributed by atoms with Crippen molar-refractivity contribution < 1.29 is 9.47 Å².